The normalized spacial score (nSPS) is 10.1. The minimum absolute atomic E-state index is 0.0302. The van der Waals surface area contributed by atoms with E-state index in [4.69, 9.17) is 0 Å². The third-order valence-corrected chi connectivity index (χ3v) is 6.14. The summed E-state index contributed by atoms with van der Waals surface area (Å²) >= 11 is 2.60. The van der Waals surface area contributed by atoms with Gasteiger partial charge >= 0.3 is 0 Å². The van der Waals surface area contributed by atoms with Crippen molar-refractivity contribution in [3.05, 3.63) is 92.0 Å². The molecule has 3 aromatic rings. The molecule has 146 valence electrons. The molecule has 0 aliphatic rings. The number of nitro groups is 2. The summed E-state index contributed by atoms with van der Waals surface area (Å²) in [5, 5.41) is 40.4. The minimum Gasteiger partial charge on any atom is -0.258 e. The van der Waals surface area contributed by atoms with E-state index < -0.39 is 9.85 Å². The number of hydrogen-bond acceptors (Lipinski definition) is 8. The second kappa shape index (κ2) is 9.09. The Bertz CT molecular complexity index is 1120. The lowest BCUT2D eigenvalue weighted by Gasteiger charge is -2.11. The van der Waals surface area contributed by atoms with Gasteiger partial charge in [-0.2, -0.15) is 10.5 Å². The average molecular weight is 434 g/mol. The summed E-state index contributed by atoms with van der Waals surface area (Å²) < 4.78 is 0. The first-order valence-corrected chi connectivity index (χ1v) is 9.87. The molecule has 0 fully saturated rings. The molecule has 0 atom stereocenters. The van der Waals surface area contributed by atoms with Gasteiger partial charge in [-0.3, -0.25) is 20.2 Å². The van der Waals surface area contributed by atoms with Crippen molar-refractivity contribution in [1.82, 2.24) is 0 Å². The molecule has 0 bridgehead atoms. The monoisotopic (exact) mass is 434 g/mol. The van der Waals surface area contributed by atoms with Crippen LogP contribution >= 0.6 is 23.5 Å². The van der Waals surface area contributed by atoms with Gasteiger partial charge in [0.2, 0.25) is 0 Å². The van der Waals surface area contributed by atoms with Crippen molar-refractivity contribution in [2.75, 3.05) is 0 Å². The van der Waals surface area contributed by atoms with Gasteiger partial charge in [-0.25, -0.2) is 0 Å². The molecule has 0 saturated carbocycles. The van der Waals surface area contributed by atoms with Crippen molar-refractivity contribution in [3.8, 4) is 12.1 Å². The zero-order valence-electron chi connectivity index (χ0n) is 15.0. The highest BCUT2D eigenvalue weighted by atomic mass is 32.2. The first-order chi connectivity index (χ1) is 14.4. The highest BCUT2D eigenvalue weighted by Gasteiger charge is 2.14. The van der Waals surface area contributed by atoms with Gasteiger partial charge in [-0.05, 0) is 36.4 Å². The van der Waals surface area contributed by atoms with Crippen LogP contribution in [0.15, 0.2) is 80.2 Å². The number of rotatable bonds is 6. The molecule has 3 aromatic carbocycles. The molecule has 3 rings (SSSR count). The van der Waals surface area contributed by atoms with Crippen LogP contribution in [0.5, 0.6) is 0 Å². The first-order valence-electron chi connectivity index (χ1n) is 8.24. The van der Waals surface area contributed by atoms with Gasteiger partial charge < -0.3 is 0 Å². The fourth-order valence-corrected chi connectivity index (χ4v) is 4.40. The molecule has 30 heavy (non-hydrogen) atoms. The van der Waals surface area contributed by atoms with Crippen LogP contribution in [0.1, 0.15) is 11.1 Å². The fourth-order valence-electron chi connectivity index (χ4n) is 2.43. The molecular weight excluding hydrogens is 424 g/mol. The van der Waals surface area contributed by atoms with Crippen molar-refractivity contribution in [2.24, 2.45) is 0 Å². The summed E-state index contributed by atoms with van der Waals surface area (Å²) in [5.74, 6) is 0. The van der Waals surface area contributed by atoms with Gasteiger partial charge in [0.05, 0.1) is 21.0 Å². The molecule has 8 nitrogen and oxygen atoms in total. The van der Waals surface area contributed by atoms with Crippen molar-refractivity contribution < 1.29 is 9.85 Å². The van der Waals surface area contributed by atoms with Crippen molar-refractivity contribution in [2.45, 2.75) is 19.6 Å². The molecule has 0 heterocycles. The predicted octanol–water partition coefficient (Wildman–Crippen LogP) is 5.55. The summed E-state index contributed by atoms with van der Waals surface area (Å²) in [5.41, 5.74) is 0.375. The van der Waals surface area contributed by atoms with E-state index in [0.717, 1.165) is 9.79 Å². The Labute approximate surface area is 179 Å². The topological polar surface area (TPSA) is 134 Å². The Kier molecular flexibility index (Phi) is 6.32. The molecule has 0 aliphatic carbocycles. The maximum atomic E-state index is 10.8. The van der Waals surface area contributed by atoms with Crippen molar-refractivity contribution in [1.29, 1.82) is 10.5 Å². The predicted molar refractivity (Wildman–Crippen MR) is 110 cm³/mol. The van der Waals surface area contributed by atoms with Crippen LogP contribution < -0.4 is 0 Å². The Morgan fingerprint density at radius 2 is 1.00 bits per heavy atom. The van der Waals surface area contributed by atoms with Crippen LogP contribution in [0.2, 0.25) is 0 Å². The number of nitriles is 2. The largest absolute Gasteiger partial charge is 0.269 e. The molecule has 0 unspecified atom stereocenters. The summed E-state index contributed by atoms with van der Waals surface area (Å²) in [6.45, 7) is 0. The molecule has 0 spiro atoms. The van der Waals surface area contributed by atoms with Gasteiger partial charge in [-0.1, -0.05) is 23.5 Å². The van der Waals surface area contributed by atoms with Crippen LogP contribution in [-0.2, 0) is 0 Å². The van der Waals surface area contributed by atoms with Crippen LogP contribution in [-0.4, -0.2) is 9.85 Å². The van der Waals surface area contributed by atoms with Crippen LogP contribution in [0, 0.1) is 42.9 Å². The summed E-state index contributed by atoms with van der Waals surface area (Å²) in [7, 11) is 0. The van der Waals surface area contributed by atoms with E-state index in [0.29, 0.717) is 9.79 Å². The number of nitro benzene ring substituents is 2. The number of non-ortho nitro benzene ring substituents is 2. The number of hydrogen-bond donors (Lipinski definition) is 0. The van der Waals surface area contributed by atoms with Crippen molar-refractivity contribution in [3.63, 3.8) is 0 Å². The van der Waals surface area contributed by atoms with Gasteiger partial charge in [0, 0.05) is 43.8 Å². The highest BCUT2D eigenvalue weighted by Crippen LogP contribution is 2.41. The van der Waals surface area contributed by atoms with Gasteiger partial charge in [0.15, 0.2) is 0 Å². The smallest absolute Gasteiger partial charge is 0.258 e. The Morgan fingerprint density at radius 3 is 1.27 bits per heavy atom. The summed E-state index contributed by atoms with van der Waals surface area (Å²) in [4.78, 5) is 23.5. The summed E-state index contributed by atoms with van der Waals surface area (Å²) in [6, 6.07) is 19.2. The van der Waals surface area contributed by atoms with Gasteiger partial charge in [0.25, 0.3) is 11.4 Å². The Balaban J connectivity index is 1.98. The molecule has 0 aromatic heterocycles. The third kappa shape index (κ3) is 4.75. The molecule has 0 aliphatic heterocycles. The minimum atomic E-state index is -0.486. The molecule has 0 amide bonds. The summed E-state index contributed by atoms with van der Waals surface area (Å²) in [6.07, 6.45) is 0. The second-order valence-corrected chi connectivity index (χ2v) is 8.00. The van der Waals surface area contributed by atoms with Crippen LogP contribution in [0.25, 0.3) is 0 Å². The Hall–Kier alpha value is -3.86. The van der Waals surface area contributed by atoms with Crippen molar-refractivity contribution >= 4 is 34.9 Å². The third-order valence-electron chi connectivity index (χ3n) is 3.88. The highest BCUT2D eigenvalue weighted by molar-refractivity contribution is 8.02. The fraction of sp³-hybridized carbons (Fsp3) is 0. The van der Waals surface area contributed by atoms with E-state index in [1.807, 2.05) is 12.1 Å². The lowest BCUT2D eigenvalue weighted by molar-refractivity contribution is -0.385. The average Bonchev–Trinajstić information content (AvgIpc) is 2.75. The molecule has 0 saturated heterocycles. The molecule has 0 radical (unpaired) electrons. The zero-order valence-corrected chi connectivity index (χ0v) is 16.6. The maximum Gasteiger partial charge on any atom is 0.269 e. The number of nitrogens with zero attached hydrogens (tertiary/aromatic N) is 4. The van der Waals surface area contributed by atoms with Gasteiger partial charge in [0.1, 0.15) is 12.1 Å². The SMILES string of the molecule is N#Cc1cc(Sc2ccc([N+](=O)[O-])cc2)c(Sc2ccc([N+](=O)[O-])cc2)cc1C#N. The maximum absolute atomic E-state index is 10.8. The lowest BCUT2D eigenvalue weighted by atomic mass is 10.1. The Morgan fingerprint density at radius 1 is 0.667 bits per heavy atom. The molecule has 0 N–H and O–H groups in total. The molecular formula is C20H10N4O4S2. The van der Waals surface area contributed by atoms with E-state index in [9.17, 15) is 30.8 Å². The van der Waals surface area contributed by atoms with E-state index in [2.05, 4.69) is 0 Å². The number of benzene rings is 3. The lowest BCUT2D eigenvalue weighted by Crippen LogP contribution is -1.90. The van der Waals surface area contributed by atoms with E-state index in [1.165, 1.54) is 47.8 Å². The second-order valence-electron chi connectivity index (χ2n) is 5.77. The first kappa shape index (κ1) is 20.9. The van der Waals surface area contributed by atoms with E-state index >= 15 is 0 Å². The standard InChI is InChI=1S/C20H10N4O4S2/c21-11-13-9-19(29-17-5-1-15(2-6-17)23(25)26)20(10-14(13)12-22)30-18-7-3-16(4-8-18)24(27)28/h1-10H. The zero-order chi connectivity index (χ0) is 21.7. The van der Waals surface area contributed by atoms with Crippen LogP contribution in [0.4, 0.5) is 11.4 Å². The molecule has 10 heteroatoms. The van der Waals surface area contributed by atoms with E-state index in [-0.39, 0.29) is 22.5 Å². The van der Waals surface area contributed by atoms with Crippen LogP contribution in [0.3, 0.4) is 0 Å². The van der Waals surface area contributed by atoms with E-state index in [1.54, 1.807) is 36.4 Å². The van der Waals surface area contributed by atoms with Gasteiger partial charge in [-0.15, -0.1) is 0 Å². The quantitative estimate of drug-likeness (QED) is 0.364.